The molecule has 0 aliphatic rings. The van der Waals surface area contributed by atoms with Gasteiger partial charge in [-0.05, 0) is 52.6 Å². The molecule has 0 aliphatic heterocycles. The first kappa shape index (κ1) is 29.5. The van der Waals surface area contributed by atoms with Crippen molar-refractivity contribution < 1.29 is 31.5 Å². The summed E-state index contributed by atoms with van der Waals surface area (Å²) in [4.78, 5) is 17.4. The van der Waals surface area contributed by atoms with E-state index in [1.807, 2.05) is 36.4 Å². The number of sulfone groups is 1. The van der Waals surface area contributed by atoms with Crippen LogP contribution in [0, 0.1) is 0 Å². The number of aliphatic carboxylic acids is 1. The molecule has 0 aliphatic carbocycles. The molecule has 1 heterocycles. The molecule has 41 heavy (non-hydrogen) atoms. The lowest BCUT2D eigenvalue weighted by Crippen LogP contribution is -2.21. The van der Waals surface area contributed by atoms with Crippen molar-refractivity contribution in [2.75, 3.05) is 6.26 Å². The summed E-state index contributed by atoms with van der Waals surface area (Å²) < 4.78 is 54.9. The van der Waals surface area contributed by atoms with Crippen LogP contribution in [0.15, 0.2) is 102 Å². The Hall–Kier alpha value is -4.48. The number of nitrogens with zero attached hydrogens (tertiary/aromatic N) is 1. The Kier molecular flexibility index (Phi) is 8.89. The molecule has 0 saturated carbocycles. The summed E-state index contributed by atoms with van der Waals surface area (Å²) in [5, 5.41) is 10.5. The Morgan fingerprint density at radius 3 is 1.95 bits per heavy atom. The third kappa shape index (κ3) is 8.03. The number of alkyl halides is 3. The summed E-state index contributed by atoms with van der Waals surface area (Å²) in [7, 11) is -3.16. The minimum atomic E-state index is -5.08. The number of hydrogen-bond acceptors (Lipinski definition) is 5. The normalized spacial score (nSPS) is 11.6. The summed E-state index contributed by atoms with van der Waals surface area (Å²) in [5.74, 6) is -1.89. The summed E-state index contributed by atoms with van der Waals surface area (Å²) in [6, 6.07) is 32.0. The third-order valence-electron chi connectivity index (χ3n) is 6.06. The Labute approximate surface area is 234 Å². The monoisotopic (exact) mass is 581 g/mol. The van der Waals surface area contributed by atoms with Crippen molar-refractivity contribution in [3.8, 4) is 22.5 Å². The van der Waals surface area contributed by atoms with Crippen molar-refractivity contribution in [3.63, 3.8) is 0 Å². The molecule has 11 heteroatoms. The Balaban J connectivity index is 0.000000493. The third-order valence-corrected chi connectivity index (χ3v) is 7.19. The molecule has 3 N–H and O–H groups in total. The number of imidazole rings is 1. The van der Waals surface area contributed by atoms with Gasteiger partial charge in [0.15, 0.2) is 9.84 Å². The van der Waals surface area contributed by atoms with E-state index in [2.05, 4.69) is 58.8 Å². The van der Waals surface area contributed by atoms with Crippen molar-refractivity contribution in [1.29, 1.82) is 0 Å². The smallest absolute Gasteiger partial charge is 0.475 e. The van der Waals surface area contributed by atoms with Gasteiger partial charge in [-0.2, -0.15) is 13.2 Å². The molecule has 0 spiro atoms. The van der Waals surface area contributed by atoms with Crippen LogP contribution >= 0.6 is 0 Å². The minimum absolute atomic E-state index is 0.344. The van der Waals surface area contributed by atoms with Gasteiger partial charge in [0.1, 0.15) is 5.82 Å². The number of H-pyrrole nitrogens is 1. The van der Waals surface area contributed by atoms with E-state index in [1.165, 1.54) is 11.8 Å². The average Bonchev–Trinajstić information content (AvgIpc) is 3.38. The first-order valence-electron chi connectivity index (χ1n) is 12.3. The molecule has 4 aromatic carbocycles. The van der Waals surface area contributed by atoms with Crippen LogP contribution in [0.5, 0.6) is 0 Å². The van der Waals surface area contributed by atoms with Gasteiger partial charge < -0.3 is 15.4 Å². The first-order chi connectivity index (χ1) is 19.4. The first-order valence-corrected chi connectivity index (χ1v) is 14.2. The molecule has 0 radical (unpaired) electrons. The van der Waals surface area contributed by atoms with Gasteiger partial charge in [0.05, 0.1) is 15.9 Å². The SMILES string of the molecule is CS(=O)(=O)c1ccc(CNCc2ccc(-c3cccc(-c4nc5ccccc5[nH]4)c3)cc2)cc1.O=C(O)C(F)(F)F. The number of aromatic nitrogens is 2. The Bertz CT molecular complexity index is 1720. The fourth-order valence-corrected chi connectivity index (χ4v) is 4.59. The fraction of sp³-hybridized carbons (Fsp3) is 0.133. The van der Waals surface area contributed by atoms with E-state index in [0.717, 1.165) is 45.7 Å². The number of para-hydroxylation sites is 2. The van der Waals surface area contributed by atoms with Crippen molar-refractivity contribution in [2.45, 2.75) is 24.2 Å². The Morgan fingerprint density at radius 1 is 0.829 bits per heavy atom. The van der Waals surface area contributed by atoms with E-state index in [9.17, 15) is 21.6 Å². The lowest BCUT2D eigenvalue weighted by atomic mass is 10.0. The number of halogens is 3. The molecule has 0 saturated heterocycles. The number of aromatic amines is 1. The van der Waals surface area contributed by atoms with E-state index in [1.54, 1.807) is 12.1 Å². The van der Waals surface area contributed by atoms with Gasteiger partial charge in [0.2, 0.25) is 0 Å². The van der Waals surface area contributed by atoms with Crippen LogP contribution in [0.1, 0.15) is 11.1 Å². The lowest BCUT2D eigenvalue weighted by Gasteiger charge is -2.08. The highest BCUT2D eigenvalue weighted by atomic mass is 32.2. The predicted octanol–water partition coefficient (Wildman–Crippen LogP) is 6.22. The van der Waals surface area contributed by atoms with E-state index in [0.29, 0.717) is 11.4 Å². The molecule has 7 nitrogen and oxygen atoms in total. The number of benzene rings is 4. The summed E-state index contributed by atoms with van der Waals surface area (Å²) in [5.41, 5.74) is 7.58. The molecule has 5 aromatic rings. The molecule has 0 amide bonds. The standard InChI is InChI=1S/C28H25N3O2S.C2HF3O2/c1-34(32,33)25-15-11-21(12-16-25)19-29-18-20-9-13-22(14-10-20)23-5-4-6-24(17-23)28-30-26-7-2-3-8-27(26)31-28;3-2(4,5)1(6)7/h2-17,29H,18-19H2,1H3,(H,30,31);(H,6,7). The van der Waals surface area contributed by atoms with Crippen molar-refractivity contribution in [1.82, 2.24) is 15.3 Å². The van der Waals surface area contributed by atoms with Crippen LogP contribution in [-0.4, -0.2) is 41.9 Å². The molecule has 212 valence electrons. The number of nitrogens with one attached hydrogen (secondary N) is 2. The maximum Gasteiger partial charge on any atom is 0.490 e. The van der Waals surface area contributed by atoms with E-state index in [-0.39, 0.29) is 0 Å². The van der Waals surface area contributed by atoms with Crippen LogP contribution in [0.4, 0.5) is 13.2 Å². The zero-order valence-corrected chi connectivity index (χ0v) is 22.6. The van der Waals surface area contributed by atoms with Gasteiger partial charge in [-0.15, -0.1) is 0 Å². The second-order valence-electron chi connectivity index (χ2n) is 9.20. The van der Waals surface area contributed by atoms with Gasteiger partial charge >= 0.3 is 12.1 Å². The highest BCUT2D eigenvalue weighted by molar-refractivity contribution is 7.90. The molecule has 0 atom stereocenters. The van der Waals surface area contributed by atoms with Crippen LogP contribution in [-0.2, 0) is 27.7 Å². The quantitative estimate of drug-likeness (QED) is 0.210. The number of carboxylic acids is 1. The zero-order chi connectivity index (χ0) is 29.6. The zero-order valence-electron chi connectivity index (χ0n) is 21.8. The van der Waals surface area contributed by atoms with Crippen LogP contribution in [0.25, 0.3) is 33.5 Å². The van der Waals surface area contributed by atoms with Crippen molar-refractivity contribution >= 4 is 26.8 Å². The average molecular weight is 582 g/mol. The summed E-state index contributed by atoms with van der Waals surface area (Å²) in [6.45, 7) is 1.40. The van der Waals surface area contributed by atoms with Gasteiger partial charge in [-0.1, -0.05) is 66.7 Å². The molecule has 0 fully saturated rings. The minimum Gasteiger partial charge on any atom is -0.475 e. The molecule has 0 unspecified atom stereocenters. The van der Waals surface area contributed by atoms with Crippen molar-refractivity contribution in [3.05, 3.63) is 108 Å². The predicted molar refractivity (Wildman–Crippen MR) is 151 cm³/mol. The number of carboxylic acid groups (broad SMARTS) is 1. The van der Waals surface area contributed by atoms with Crippen LogP contribution in [0.2, 0.25) is 0 Å². The molecule has 5 rings (SSSR count). The highest BCUT2D eigenvalue weighted by Crippen LogP contribution is 2.26. The lowest BCUT2D eigenvalue weighted by molar-refractivity contribution is -0.192. The number of carbonyl (C=O) groups is 1. The Morgan fingerprint density at radius 2 is 1.39 bits per heavy atom. The second-order valence-corrected chi connectivity index (χ2v) is 11.2. The maximum absolute atomic E-state index is 11.6. The maximum atomic E-state index is 11.6. The van der Waals surface area contributed by atoms with Crippen molar-refractivity contribution in [2.24, 2.45) is 0 Å². The van der Waals surface area contributed by atoms with Crippen LogP contribution < -0.4 is 5.32 Å². The van der Waals surface area contributed by atoms with E-state index >= 15 is 0 Å². The topological polar surface area (TPSA) is 112 Å². The van der Waals surface area contributed by atoms with Crippen LogP contribution in [0.3, 0.4) is 0 Å². The molecule has 0 bridgehead atoms. The van der Waals surface area contributed by atoms with Gasteiger partial charge in [-0.25, -0.2) is 18.2 Å². The second kappa shape index (κ2) is 12.4. The fourth-order valence-electron chi connectivity index (χ4n) is 3.96. The number of hydrogen-bond donors (Lipinski definition) is 3. The van der Waals surface area contributed by atoms with E-state index in [4.69, 9.17) is 14.9 Å². The molecular formula is C30H26F3N3O4S. The van der Waals surface area contributed by atoms with Gasteiger partial charge in [0, 0.05) is 24.9 Å². The van der Waals surface area contributed by atoms with Gasteiger partial charge in [0.25, 0.3) is 0 Å². The number of fused-ring (bicyclic) bond motifs is 1. The van der Waals surface area contributed by atoms with E-state index < -0.39 is 22.0 Å². The van der Waals surface area contributed by atoms with Gasteiger partial charge in [-0.3, -0.25) is 0 Å². The highest BCUT2D eigenvalue weighted by Gasteiger charge is 2.38. The molecular weight excluding hydrogens is 555 g/mol. The number of rotatable bonds is 7. The largest absolute Gasteiger partial charge is 0.490 e. The molecule has 1 aromatic heterocycles. The summed E-state index contributed by atoms with van der Waals surface area (Å²) >= 11 is 0. The summed E-state index contributed by atoms with van der Waals surface area (Å²) in [6.07, 6.45) is -3.86.